The molecular weight excluding hydrogens is 1370 g/mol. The highest BCUT2D eigenvalue weighted by molar-refractivity contribution is 8.01. The molecule has 24 heteroatoms. The Bertz CT molecular complexity index is 2700. The van der Waals surface area contributed by atoms with Crippen LogP contribution in [0.3, 0.4) is 0 Å². The Morgan fingerprint density at radius 2 is 0.448 bits per heavy atom. The molecule has 4 N–H and O–H groups in total. The van der Waals surface area contributed by atoms with Crippen LogP contribution in [0.25, 0.3) is 0 Å². The van der Waals surface area contributed by atoms with Crippen LogP contribution in [0, 0.1) is 0 Å². The van der Waals surface area contributed by atoms with Gasteiger partial charge in [-0.25, -0.2) is 0 Å². The van der Waals surface area contributed by atoms with Gasteiger partial charge in [-0.15, -0.1) is 0 Å². The first-order chi connectivity index (χ1) is 42.2. The Hall–Kier alpha value is -3.64. The van der Waals surface area contributed by atoms with Crippen molar-refractivity contribution in [3.8, 4) is 23.0 Å². The van der Waals surface area contributed by atoms with Crippen molar-refractivity contribution >= 4 is 70.7 Å². The van der Waals surface area contributed by atoms with E-state index in [0.717, 1.165) is 131 Å². The van der Waals surface area contributed by atoms with E-state index in [-0.39, 0.29) is 121 Å². The van der Waals surface area contributed by atoms with Crippen molar-refractivity contribution in [3.05, 3.63) is 70.8 Å². The minimum atomic E-state index is -0.380. The van der Waals surface area contributed by atoms with E-state index in [4.69, 9.17) is 18.9 Å². The highest BCUT2D eigenvalue weighted by atomic mass is 35.5. The van der Waals surface area contributed by atoms with Gasteiger partial charge in [-0.1, -0.05) is 130 Å². The first-order valence-corrected chi connectivity index (χ1v) is 35.8. The molecule has 1 aliphatic rings. The fourth-order valence-electron chi connectivity index (χ4n) is 9.57. The third kappa shape index (κ3) is 31.1. The quantitative estimate of drug-likeness (QED) is 0.0400. The summed E-state index contributed by atoms with van der Waals surface area (Å²) in [5.41, 5.74) is 2.53. The highest BCUT2D eigenvalue weighted by Crippen LogP contribution is 2.56. The molecule has 1 heterocycles. The number of ether oxygens (including phenoxy) is 4. The molecule has 16 nitrogen and oxygen atoms in total. The topological polar surface area (TPSA) is 153 Å². The zero-order chi connectivity index (χ0) is 69.0. The zero-order valence-corrected chi connectivity index (χ0v) is 68.4. The smallest absolute Gasteiger partial charge is 0.257 e. The summed E-state index contributed by atoms with van der Waals surface area (Å²) in [7, 11) is 25.7. The van der Waals surface area contributed by atoms with Gasteiger partial charge in [0.1, 0.15) is 23.0 Å². The first-order valence-electron chi connectivity index (χ1n) is 32.5. The summed E-state index contributed by atoms with van der Waals surface area (Å²) in [6.07, 6.45) is 3.18. The van der Waals surface area contributed by atoms with Crippen LogP contribution in [0.15, 0.2) is 87.7 Å². The Morgan fingerprint density at radius 1 is 0.302 bits per heavy atom. The monoisotopic (exact) mass is 1490 g/mol. The van der Waals surface area contributed by atoms with Crippen LogP contribution < -0.4 is 89.8 Å². The van der Waals surface area contributed by atoms with Gasteiger partial charge < -0.3 is 108 Å². The number of hydrogen-bond donors (Lipinski definition) is 4. The second kappa shape index (κ2) is 37.9. The van der Waals surface area contributed by atoms with E-state index in [1.807, 2.05) is 0 Å². The molecule has 0 aliphatic carbocycles. The van der Waals surface area contributed by atoms with Crippen molar-refractivity contribution in [1.29, 1.82) is 0 Å². The molecule has 0 atom stereocenters. The molecule has 544 valence electrons. The minimum Gasteiger partial charge on any atom is -1.00 e. The molecule has 0 saturated heterocycles. The number of halogens is 4. The molecule has 0 radical (unpaired) electrons. The summed E-state index contributed by atoms with van der Waals surface area (Å²) < 4.78 is 31.0. The van der Waals surface area contributed by atoms with Crippen LogP contribution >= 0.6 is 47.0 Å². The lowest BCUT2D eigenvalue weighted by Gasteiger charge is -2.28. The van der Waals surface area contributed by atoms with Gasteiger partial charge in [0.05, 0.1) is 150 Å². The summed E-state index contributed by atoms with van der Waals surface area (Å²) in [6.45, 7) is 30.7. The fraction of sp³-hybridized carbons (Fsp3) is 0.611. The fourth-order valence-corrected chi connectivity index (χ4v) is 14.4. The molecule has 4 aromatic rings. The molecular formula is C72H116Cl4N8O8S4. The Morgan fingerprint density at radius 3 is 0.573 bits per heavy atom. The third-order valence-corrected chi connectivity index (χ3v) is 19.3. The summed E-state index contributed by atoms with van der Waals surface area (Å²) >= 11 is 5.89. The number of nitrogens with zero attached hydrogens (tertiary/aromatic N) is 4. The lowest BCUT2D eigenvalue weighted by atomic mass is 9.87. The largest absolute Gasteiger partial charge is 1.00 e. The number of benzene rings is 4. The minimum absolute atomic E-state index is 0. The number of carbonyl (C=O) groups is 4. The lowest BCUT2D eigenvalue weighted by Crippen LogP contribution is -3.00. The van der Waals surface area contributed by atoms with Crippen molar-refractivity contribution in [1.82, 2.24) is 21.3 Å². The highest BCUT2D eigenvalue weighted by Gasteiger charge is 2.32. The Labute approximate surface area is 619 Å². The van der Waals surface area contributed by atoms with Gasteiger partial charge in [0.2, 0.25) is 0 Å². The van der Waals surface area contributed by atoms with Gasteiger partial charge in [0, 0.05) is 51.9 Å². The van der Waals surface area contributed by atoms with Crippen molar-refractivity contribution in [2.45, 2.75) is 170 Å². The number of fused-ring (bicyclic) bond motifs is 8. The van der Waals surface area contributed by atoms with Crippen LogP contribution in [-0.4, -0.2) is 205 Å². The number of quaternary nitrogens is 4. The van der Waals surface area contributed by atoms with E-state index in [1.165, 1.54) is 47.0 Å². The molecule has 96 heavy (non-hydrogen) atoms. The molecule has 0 spiro atoms. The maximum absolute atomic E-state index is 14.1. The van der Waals surface area contributed by atoms with Gasteiger partial charge in [0.25, 0.3) is 23.6 Å². The van der Waals surface area contributed by atoms with Gasteiger partial charge in [-0.2, -0.15) is 0 Å². The first kappa shape index (κ1) is 90.4. The average Bonchev–Trinajstić information content (AvgIpc) is 0.768. The molecule has 5 rings (SSSR count). The van der Waals surface area contributed by atoms with Gasteiger partial charge in [-0.05, 0) is 92.4 Å². The molecule has 0 aromatic heterocycles. The van der Waals surface area contributed by atoms with Crippen LogP contribution in [0.5, 0.6) is 23.0 Å². The van der Waals surface area contributed by atoms with E-state index in [9.17, 15) is 19.2 Å². The predicted octanol–water partition coefficient (Wildman–Crippen LogP) is 0.176. The summed E-state index contributed by atoms with van der Waals surface area (Å²) in [5, 5.41) is 12.5. The van der Waals surface area contributed by atoms with Crippen LogP contribution in [-0.2, 0) is 40.8 Å². The molecule has 0 fully saturated rings. The van der Waals surface area contributed by atoms with Crippen LogP contribution in [0.4, 0.5) is 0 Å². The molecule has 0 unspecified atom stereocenters. The SMILES string of the molecule is CC(C)(C)c1cc2c(OCC(=O)NCCC[N+](C)(C)C)c(c1)Sc1cc(C(C)(C)C)cc(c1OCC(=O)NCCC[N+](C)(C)C)Sc1cc(C(C)(C)C)cc(c1OCC(=O)NCCC[N+](C)(C)C)Sc1cc(C(C)(C)C)cc(c1OCC(=O)NCCC[N+](C)(C)C)S2.[Cl-].[Cl-].[Cl-].[Cl-]. The zero-order valence-electron chi connectivity index (χ0n) is 62.1. The molecule has 4 aromatic carbocycles. The van der Waals surface area contributed by atoms with Gasteiger partial charge >= 0.3 is 0 Å². The van der Waals surface area contributed by atoms with Crippen molar-refractivity contribution in [2.24, 2.45) is 0 Å². The molecule has 4 amide bonds. The number of rotatable bonds is 28. The maximum Gasteiger partial charge on any atom is 0.257 e. The normalized spacial score (nSPS) is 12.9. The second-order valence-corrected chi connectivity index (χ2v) is 37.0. The number of carbonyl (C=O) groups excluding carboxylic acids is 4. The predicted molar refractivity (Wildman–Crippen MR) is 381 cm³/mol. The maximum atomic E-state index is 14.1. The van der Waals surface area contributed by atoms with Crippen LogP contribution in [0.2, 0.25) is 0 Å². The van der Waals surface area contributed by atoms with Crippen molar-refractivity contribution < 1.29 is 106 Å². The summed E-state index contributed by atoms with van der Waals surface area (Å²) in [6, 6.07) is 17.2. The van der Waals surface area contributed by atoms with Gasteiger partial charge in [-0.3, -0.25) is 19.2 Å². The number of hydrogen-bond acceptors (Lipinski definition) is 12. The van der Waals surface area contributed by atoms with E-state index in [2.05, 4.69) is 237 Å². The van der Waals surface area contributed by atoms with Crippen molar-refractivity contribution in [3.63, 3.8) is 0 Å². The molecule has 0 saturated carbocycles. The van der Waals surface area contributed by atoms with E-state index >= 15 is 0 Å². The lowest BCUT2D eigenvalue weighted by molar-refractivity contribution is -0.870. The van der Waals surface area contributed by atoms with Crippen molar-refractivity contribution in [2.75, 3.05) is 163 Å². The van der Waals surface area contributed by atoms with Gasteiger partial charge in [0.15, 0.2) is 26.4 Å². The summed E-state index contributed by atoms with van der Waals surface area (Å²) in [4.78, 5) is 62.1. The Balaban J connectivity index is 0.0000115. The average molecular weight is 1490 g/mol. The number of nitrogens with one attached hydrogen (secondary N) is 4. The molecule has 1 aliphatic heterocycles. The summed E-state index contributed by atoms with van der Waals surface area (Å²) in [5.74, 6) is 0.952. The Kier molecular flexibility index (Phi) is 35.6. The van der Waals surface area contributed by atoms with Crippen LogP contribution in [0.1, 0.15) is 131 Å². The number of amides is 4. The van der Waals surface area contributed by atoms with E-state index in [0.29, 0.717) is 49.2 Å². The second-order valence-electron chi connectivity index (χ2n) is 32.6. The standard InChI is InChI=1S/C72H112N8O8S4.4ClH/c1-69(2,3)49-37-53-65(85-45-61(81)73-29-25-33-77(13,14)15)54(38-49)90-56-40-51(71(7,8)9)42-58(67(56)87-47-63(83)75-31-27-35-79(19,20)21)92-60-44-52(72(10,11)12)43-59(68(60)88-48-64(84)76-32-28-36-80(22,23)24)91-57-41-50(70(4,5)6)39-55(89-53)66(57)86-46-62(82)74-30-26-34-78(16,17)18;;;;/h37-44H,25-36,45-48H2,1-24H3;4*1H. The third-order valence-electron chi connectivity index (χ3n) is 15.1. The molecule has 8 bridgehead atoms. The van der Waals surface area contributed by atoms with E-state index < -0.39 is 0 Å². The van der Waals surface area contributed by atoms with E-state index in [1.54, 1.807) is 0 Å².